The van der Waals surface area contributed by atoms with Crippen molar-refractivity contribution in [2.24, 2.45) is 0 Å². The summed E-state index contributed by atoms with van der Waals surface area (Å²) in [5.74, 6) is -0.134. The maximum Gasteiger partial charge on any atom is 0.267 e. The van der Waals surface area contributed by atoms with Crippen LogP contribution in [-0.2, 0) is 0 Å². The highest BCUT2D eigenvalue weighted by molar-refractivity contribution is 7.12. The van der Waals surface area contributed by atoms with Gasteiger partial charge in [0.2, 0.25) is 0 Å². The first kappa shape index (κ1) is 10.6. The summed E-state index contributed by atoms with van der Waals surface area (Å²) >= 11 is 1.33. The number of benzene rings is 1. The third-order valence-corrected chi connectivity index (χ3v) is 3.05. The molecule has 0 radical (unpaired) electrons. The number of nitrogens with zero attached hydrogens (tertiary/aromatic N) is 1. The topological polar surface area (TPSA) is 68.0 Å². The van der Waals surface area contributed by atoms with Gasteiger partial charge in [0, 0.05) is 11.4 Å². The van der Waals surface area contributed by atoms with Crippen molar-refractivity contribution < 1.29 is 4.79 Å². The van der Waals surface area contributed by atoms with E-state index >= 15 is 0 Å². The van der Waals surface area contributed by atoms with E-state index in [0.29, 0.717) is 10.6 Å². The molecule has 82 valence electrons. The molecule has 0 fully saturated rings. The molecule has 16 heavy (non-hydrogen) atoms. The number of thiazole rings is 1. The molecule has 5 heteroatoms. The van der Waals surface area contributed by atoms with Crippen LogP contribution in [0.15, 0.2) is 29.8 Å². The van der Waals surface area contributed by atoms with Crippen LogP contribution in [0.1, 0.15) is 15.4 Å². The van der Waals surface area contributed by atoms with Gasteiger partial charge in [-0.05, 0) is 31.2 Å². The van der Waals surface area contributed by atoms with Crippen molar-refractivity contribution in [3.63, 3.8) is 0 Å². The molecule has 0 bridgehead atoms. The van der Waals surface area contributed by atoms with Gasteiger partial charge >= 0.3 is 0 Å². The summed E-state index contributed by atoms with van der Waals surface area (Å²) in [6.07, 6.45) is 0. The number of anilines is 2. The molecule has 3 N–H and O–H groups in total. The molecule has 1 amide bonds. The van der Waals surface area contributed by atoms with Gasteiger partial charge in [-0.15, -0.1) is 11.3 Å². The van der Waals surface area contributed by atoms with Gasteiger partial charge in [-0.1, -0.05) is 0 Å². The summed E-state index contributed by atoms with van der Waals surface area (Å²) in [6, 6.07) is 7.03. The Morgan fingerprint density at radius 1 is 1.38 bits per heavy atom. The highest BCUT2D eigenvalue weighted by Crippen LogP contribution is 2.16. The Morgan fingerprint density at radius 2 is 2.06 bits per heavy atom. The fourth-order valence-electron chi connectivity index (χ4n) is 1.27. The quantitative estimate of drug-likeness (QED) is 0.782. The van der Waals surface area contributed by atoms with E-state index in [-0.39, 0.29) is 5.91 Å². The zero-order valence-corrected chi connectivity index (χ0v) is 9.54. The third kappa shape index (κ3) is 2.20. The van der Waals surface area contributed by atoms with Gasteiger partial charge in [0.25, 0.3) is 5.91 Å². The van der Waals surface area contributed by atoms with Crippen LogP contribution in [0, 0.1) is 6.92 Å². The lowest BCUT2D eigenvalue weighted by molar-refractivity contribution is 0.103. The van der Waals surface area contributed by atoms with Crippen molar-refractivity contribution in [1.82, 2.24) is 4.98 Å². The van der Waals surface area contributed by atoms with E-state index < -0.39 is 0 Å². The molecule has 0 unspecified atom stereocenters. The molecule has 2 rings (SSSR count). The number of carbonyl (C=O) groups is 1. The minimum Gasteiger partial charge on any atom is -0.399 e. The lowest BCUT2D eigenvalue weighted by atomic mass is 10.3. The maximum atomic E-state index is 11.8. The van der Waals surface area contributed by atoms with E-state index in [9.17, 15) is 4.79 Å². The summed E-state index contributed by atoms with van der Waals surface area (Å²) in [5.41, 5.74) is 9.37. The number of nitrogen functional groups attached to an aromatic ring is 1. The Bertz CT molecular complexity index is 504. The summed E-state index contributed by atoms with van der Waals surface area (Å²) in [4.78, 5) is 16.5. The molecule has 0 aliphatic heterocycles. The highest BCUT2D eigenvalue weighted by Gasteiger charge is 2.11. The Hall–Kier alpha value is -1.88. The minimum atomic E-state index is -0.134. The maximum absolute atomic E-state index is 11.8. The number of aromatic nitrogens is 1. The molecule has 2 aromatic rings. The first-order chi connectivity index (χ1) is 7.66. The Balaban J connectivity index is 2.14. The molecule has 0 saturated carbocycles. The second kappa shape index (κ2) is 4.32. The minimum absolute atomic E-state index is 0.134. The van der Waals surface area contributed by atoms with Gasteiger partial charge < -0.3 is 11.1 Å². The normalized spacial score (nSPS) is 10.1. The fraction of sp³-hybridized carbons (Fsp3) is 0.0909. The lowest BCUT2D eigenvalue weighted by Crippen LogP contribution is -2.11. The smallest absolute Gasteiger partial charge is 0.267 e. The monoisotopic (exact) mass is 233 g/mol. The molecular formula is C11H11N3OS. The van der Waals surface area contributed by atoms with E-state index in [0.717, 1.165) is 11.4 Å². The Kier molecular flexibility index (Phi) is 2.87. The summed E-state index contributed by atoms with van der Waals surface area (Å²) in [5, 5.41) is 2.79. The Labute approximate surface area is 97.1 Å². The fourth-order valence-corrected chi connectivity index (χ4v) is 1.97. The van der Waals surface area contributed by atoms with Gasteiger partial charge in [-0.25, -0.2) is 4.98 Å². The summed E-state index contributed by atoms with van der Waals surface area (Å²) in [7, 11) is 0. The third-order valence-electron chi connectivity index (χ3n) is 2.12. The number of nitrogens with one attached hydrogen (secondary N) is 1. The van der Waals surface area contributed by atoms with E-state index in [1.54, 1.807) is 29.8 Å². The van der Waals surface area contributed by atoms with E-state index in [4.69, 9.17) is 5.73 Å². The van der Waals surface area contributed by atoms with Gasteiger partial charge in [0.05, 0.1) is 11.2 Å². The first-order valence-electron chi connectivity index (χ1n) is 4.74. The van der Waals surface area contributed by atoms with E-state index in [1.165, 1.54) is 11.3 Å². The summed E-state index contributed by atoms with van der Waals surface area (Å²) in [6.45, 7) is 1.81. The average Bonchev–Trinajstić information content (AvgIpc) is 2.68. The van der Waals surface area contributed by atoms with Gasteiger partial charge in [0.15, 0.2) is 0 Å². The zero-order chi connectivity index (χ0) is 11.5. The zero-order valence-electron chi connectivity index (χ0n) is 8.73. The number of hydrogen-bond acceptors (Lipinski definition) is 4. The van der Waals surface area contributed by atoms with Crippen LogP contribution in [0.3, 0.4) is 0 Å². The van der Waals surface area contributed by atoms with Crippen LogP contribution in [0.4, 0.5) is 11.4 Å². The molecule has 0 aliphatic carbocycles. The van der Waals surface area contributed by atoms with Crippen molar-refractivity contribution in [3.05, 3.63) is 40.3 Å². The second-order valence-electron chi connectivity index (χ2n) is 3.34. The molecule has 0 atom stereocenters. The van der Waals surface area contributed by atoms with Crippen molar-refractivity contribution in [2.45, 2.75) is 6.92 Å². The predicted molar refractivity (Wildman–Crippen MR) is 65.7 cm³/mol. The Morgan fingerprint density at radius 3 is 2.62 bits per heavy atom. The molecule has 0 spiro atoms. The number of hydrogen-bond donors (Lipinski definition) is 2. The highest BCUT2D eigenvalue weighted by atomic mass is 32.1. The standard InChI is InChI=1S/C11H11N3OS/c1-7-10(16-6-13-7)11(15)14-9-4-2-8(12)3-5-9/h2-6H,12H2,1H3,(H,14,15). The van der Waals surface area contributed by atoms with E-state index in [1.807, 2.05) is 6.92 Å². The number of rotatable bonds is 2. The number of aryl methyl sites for hydroxylation is 1. The molecule has 4 nitrogen and oxygen atoms in total. The number of amides is 1. The van der Waals surface area contributed by atoms with Crippen LogP contribution < -0.4 is 11.1 Å². The van der Waals surface area contributed by atoms with Crippen LogP contribution in [0.25, 0.3) is 0 Å². The van der Waals surface area contributed by atoms with Crippen LogP contribution in [0.2, 0.25) is 0 Å². The SMILES string of the molecule is Cc1ncsc1C(=O)Nc1ccc(N)cc1. The van der Waals surface area contributed by atoms with Crippen LogP contribution >= 0.6 is 11.3 Å². The lowest BCUT2D eigenvalue weighted by Gasteiger charge is -2.03. The van der Waals surface area contributed by atoms with Crippen molar-refractivity contribution >= 4 is 28.6 Å². The molecule has 1 heterocycles. The second-order valence-corrected chi connectivity index (χ2v) is 4.20. The number of nitrogens with two attached hydrogens (primary N) is 1. The summed E-state index contributed by atoms with van der Waals surface area (Å²) < 4.78 is 0. The van der Waals surface area contributed by atoms with Crippen LogP contribution in [-0.4, -0.2) is 10.9 Å². The van der Waals surface area contributed by atoms with Crippen LogP contribution in [0.5, 0.6) is 0 Å². The molecule has 0 aliphatic rings. The van der Waals surface area contributed by atoms with E-state index in [2.05, 4.69) is 10.3 Å². The first-order valence-corrected chi connectivity index (χ1v) is 5.62. The molecule has 0 saturated heterocycles. The number of carbonyl (C=O) groups excluding carboxylic acids is 1. The van der Waals surface area contributed by atoms with Crippen molar-refractivity contribution in [1.29, 1.82) is 0 Å². The molecular weight excluding hydrogens is 222 g/mol. The largest absolute Gasteiger partial charge is 0.399 e. The van der Waals surface area contributed by atoms with Crippen molar-refractivity contribution in [2.75, 3.05) is 11.1 Å². The molecule has 1 aromatic carbocycles. The average molecular weight is 233 g/mol. The molecule has 1 aromatic heterocycles. The van der Waals surface area contributed by atoms with Crippen molar-refractivity contribution in [3.8, 4) is 0 Å². The van der Waals surface area contributed by atoms with Gasteiger partial charge in [0.1, 0.15) is 4.88 Å². The van der Waals surface area contributed by atoms with Gasteiger partial charge in [-0.3, -0.25) is 4.79 Å². The van der Waals surface area contributed by atoms with Gasteiger partial charge in [-0.2, -0.15) is 0 Å². The predicted octanol–water partition coefficient (Wildman–Crippen LogP) is 2.29.